The van der Waals surface area contributed by atoms with Crippen molar-refractivity contribution in [3.05, 3.63) is 74.8 Å². The standard InChI is InChI=1S/C21H18FN3O2S/c1-13(2)12-27-16-9-7-14(8-10-16)19-23-21-25(24-19)20(26)18(28-21)11-15-5-3-4-6-17(15)22/h3-11,13H,12H2,1-2H3/b18-11+. The smallest absolute Gasteiger partial charge is 0.291 e. The summed E-state index contributed by atoms with van der Waals surface area (Å²) in [5.74, 6) is 1.33. The fraction of sp³-hybridized carbons (Fsp3) is 0.190. The highest BCUT2D eigenvalue weighted by atomic mass is 32.1. The van der Waals surface area contributed by atoms with Gasteiger partial charge in [-0.3, -0.25) is 4.79 Å². The second kappa shape index (κ2) is 7.52. The van der Waals surface area contributed by atoms with Crippen molar-refractivity contribution in [1.29, 1.82) is 0 Å². The fourth-order valence-electron chi connectivity index (χ4n) is 2.65. The van der Waals surface area contributed by atoms with Crippen LogP contribution in [0, 0.1) is 11.7 Å². The molecule has 0 radical (unpaired) electrons. The van der Waals surface area contributed by atoms with Crippen LogP contribution in [-0.4, -0.2) is 21.2 Å². The summed E-state index contributed by atoms with van der Waals surface area (Å²) in [5, 5.41) is 4.32. The molecule has 4 rings (SSSR count). The van der Waals surface area contributed by atoms with Gasteiger partial charge in [0.05, 0.1) is 11.1 Å². The summed E-state index contributed by atoms with van der Waals surface area (Å²) >= 11 is 1.19. The van der Waals surface area contributed by atoms with Crippen LogP contribution in [0.3, 0.4) is 0 Å². The number of benzene rings is 2. The van der Waals surface area contributed by atoms with E-state index in [1.54, 1.807) is 18.2 Å². The highest BCUT2D eigenvalue weighted by Crippen LogP contribution is 2.21. The van der Waals surface area contributed by atoms with Gasteiger partial charge in [0, 0.05) is 11.1 Å². The first-order valence-electron chi connectivity index (χ1n) is 8.90. The summed E-state index contributed by atoms with van der Waals surface area (Å²) in [6.07, 6.45) is 1.53. The highest BCUT2D eigenvalue weighted by Gasteiger charge is 2.12. The Bertz CT molecular complexity index is 1230. The molecular weight excluding hydrogens is 377 g/mol. The lowest BCUT2D eigenvalue weighted by Gasteiger charge is -2.08. The van der Waals surface area contributed by atoms with Crippen LogP contribution in [0.5, 0.6) is 5.75 Å². The molecule has 0 fully saturated rings. The third-order valence-electron chi connectivity index (χ3n) is 4.07. The molecule has 0 aliphatic rings. The number of ether oxygens (including phenoxy) is 1. The van der Waals surface area contributed by atoms with E-state index in [9.17, 15) is 9.18 Å². The molecule has 0 N–H and O–H groups in total. The minimum absolute atomic E-state index is 0.307. The van der Waals surface area contributed by atoms with E-state index in [-0.39, 0.29) is 11.4 Å². The fourth-order valence-corrected chi connectivity index (χ4v) is 3.55. The second-order valence-corrected chi connectivity index (χ2v) is 7.81. The van der Waals surface area contributed by atoms with Crippen LogP contribution in [0.1, 0.15) is 19.4 Å². The van der Waals surface area contributed by atoms with Gasteiger partial charge in [0.25, 0.3) is 5.56 Å². The first-order chi connectivity index (χ1) is 13.5. The van der Waals surface area contributed by atoms with Gasteiger partial charge in [0.2, 0.25) is 4.96 Å². The van der Waals surface area contributed by atoms with Crippen molar-refractivity contribution in [2.75, 3.05) is 6.61 Å². The van der Waals surface area contributed by atoms with Crippen LogP contribution >= 0.6 is 11.3 Å². The van der Waals surface area contributed by atoms with Crippen LogP contribution in [0.2, 0.25) is 0 Å². The zero-order valence-corrected chi connectivity index (χ0v) is 16.2. The SMILES string of the molecule is CC(C)COc1ccc(-c2nc3s/c(=C/c4ccccc4F)c(=O)n3n2)cc1. The number of fused-ring (bicyclic) bond motifs is 1. The molecule has 0 bridgehead atoms. The van der Waals surface area contributed by atoms with Gasteiger partial charge >= 0.3 is 0 Å². The Labute approximate surface area is 164 Å². The van der Waals surface area contributed by atoms with Gasteiger partial charge in [-0.25, -0.2) is 4.39 Å². The van der Waals surface area contributed by atoms with Crippen molar-refractivity contribution >= 4 is 22.4 Å². The summed E-state index contributed by atoms with van der Waals surface area (Å²) in [7, 11) is 0. The molecule has 0 atom stereocenters. The summed E-state index contributed by atoms with van der Waals surface area (Å²) in [6.45, 7) is 4.83. The maximum Gasteiger partial charge on any atom is 0.291 e. The third kappa shape index (κ3) is 3.66. The van der Waals surface area contributed by atoms with Crippen molar-refractivity contribution in [2.45, 2.75) is 13.8 Å². The molecule has 0 spiro atoms. The van der Waals surface area contributed by atoms with Gasteiger partial charge in [-0.05, 0) is 42.3 Å². The van der Waals surface area contributed by atoms with E-state index in [0.717, 1.165) is 11.3 Å². The van der Waals surface area contributed by atoms with Crippen molar-refractivity contribution in [2.24, 2.45) is 5.92 Å². The average Bonchev–Trinajstić information content (AvgIpc) is 3.22. The number of nitrogens with zero attached hydrogens (tertiary/aromatic N) is 3. The Morgan fingerprint density at radius 3 is 2.61 bits per heavy atom. The number of halogens is 1. The van der Waals surface area contributed by atoms with Crippen LogP contribution < -0.4 is 14.8 Å². The molecule has 0 saturated heterocycles. The number of thiazole rings is 1. The van der Waals surface area contributed by atoms with Gasteiger partial charge in [-0.15, -0.1) is 5.10 Å². The minimum atomic E-state index is -0.374. The van der Waals surface area contributed by atoms with Crippen LogP contribution in [-0.2, 0) is 0 Å². The molecule has 0 amide bonds. The number of hydrogen-bond acceptors (Lipinski definition) is 5. The van der Waals surface area contributed by atoms with E-state index in [4.69, 9.17) is 4.74 Å². The first-order valence-corrected chi connectivity index (χ1v) is 9.72. The lowest BCUT2D eigenvalue weighted by molar-refractivity contribution is 0.271. The normalized spacial score (nSPS) is 12.2. The molecule has 5 nitrogen and oxygen atoms in total. The lowest BCUT2D eigenvalue weighted by Crippen LogP contribution is -2.23. The molecular formula is C21H18FN3O2S. The predicted octanol–water partition coefficient (Wildman–Crippen LogP) is 3.54. The van der Waals surface area contributed by atoms with E-state index >= 15 is 0 Å². The topological polar surface area (TPSA) is 56.5 Å². The maximum absolute atomic E-state index is 13.8. The Kier molecular flexibility index (Phi) is 4.92. The summed E-state index contributed by atoms with van der Waals surface area (Å²) < 4.78 is 21.2. The lowest BCUT2D eigenvalue weighted by atomic mass is 10.2. The molecule has 0 saturated carbocycles. The first kappa shape index (κ1) is 18.3. The zero-order valence-electron chi connectivity index (χ0n) is 15.4. The van der Waals surface area contributed by atoms with E-state index in [1.807, 2.05) is 24.3 Å². The number of hydrogen-bond donors (Lipinski definition) is 0. The van der Waals surface area contributed by atoms with Crippen molar-refractivity contribution in [1.82, 2.24) is 14.6 Å². The maximum atomic E-state index is 13.8. The molecule has 142 valence electrons. The Balaban J connectivity index is 1.65. The molecule has 0 aliphatic heterocycles. The minimum Gasteiger partial charge on any atom is -0.493 e. The molecule has 28 heavy (non-hydrogen) atoms. The largest absolute Gasteiger partial charge is 0.493 e. The van der Waals surface area contributed by atoms with Gasteiger partial charge < -0.3 is 4.74 Å². The van der Waals surface area contributed by atoms with E-state index in [0.29, 0.717) is 33.4 Å². The van der Waals surface area contributed by atoms with Crippen molar-refractivity contribution in [3.8, 4) is 17.1 Å². The third-order valence-corrected chi connectivity index (χ3v) is 5.03. The summed E-state index contributed by atoms with van der Waals surface area (Å²) in [5.41, 5.74) is 0.854. The Hall–Kier alpha value is -3.06. The van der Waals surface area contributed by atoms with Crippen molar-refractivity contribution < 1.29 is 9.13 Å². The molecule has 7 heteroatoms. The Morgan fingerprint density at radius 2 is 1.93 bits per heavy atom. The number of aromatic nitrogens is 3. The molecule has 4 aromatic rings. The second-order valence-electron chi connectivity index (χ2n) is 6.80. The van der Waals surface area contributed by atoms with E-state index in [2.05, 4.69) is 23.9 Å². The van der Waals surface area contributed by atoms with Gasteiger partial charge in [0.15, 0.2) is 5.82 Å². The van der Waals surface area contributed by atoms with Crippen LogP contribution in [0.25, 0.3) is 22.4 Å². The average molecular weight is 395 g/mol. The molecule has 2 heterocycles. The van der Waals surface area contributed by atoms with Gasteiger partial charge in [-0.2, -0.15) is 9.50 Å². The zero-order chi connectivity index (χ0) is 19.7. The Morgan fingerprint density at radius 1 is 1.18 bits per heavy atom. The summed E-state index contributed by atoms with van der Waals surface area (Å²) in [4.78, 5) is 17.5. The van der Waals surface area contributed by atoms with Gasteiger partial charge in [-0.1, -0.05) is 43.4 Å². The van der Waals surface area contributed by atoms with Crippen LogP contribution in [0.4, 0.5) is 4.39 Å². The van der Waals surface area contributed by atoms with E-state index in [1.165, 1.54) is 28.0 Å². The van der Waals surface area contributed by atoms with Crippen molar-refractivity contribution in [3.63, 3.8) is 0 Å². The molecule has 0 aliphatic carbocycles. The quantitative estimate of drug-likeness (QED) is 0.519. The summed E-state index contributed by atoms with van der Waals surface area (Å²) in [6, 6.07) is 13.8. The molecule has 0 unspecified atom stereocenters. The predicted molar refractivity (Wildman–Crippen MR) is 108 cm³/mol. The van der Waals surface area contributed by atoms with Gasteiger partial charge in [0.1, 0.15) is 11.6 Å². The van der Waals surface area contributed by atoms with E-state index < -0.39 is 0 Å². The highest BCUT2D eigenvalue weighted by molar-refractivity contribution is 7.15. The molecule has 2 aromatic carbocycles. The molecule has 2 aromatic heterocycles. The monoisotopic (exact) mass is 395 g/mol. The van der Waals surface area contributed by atoms with Crippen LogP contribution in [0.15, 0.2) is 53.3 Å². The number of rotatable bonds is 5.